The number of halogens is 2. The Morgan fingerprint density at radius 2 is 1.06 bits per heavy atom. The second-order valence-electron chi connectivity index (χ2n) is 13.3. The summed E-state index contributed by atoms with van der Waals surface area (Å²) in [6.07, 6.45) is 8.17. The molecule has 0 aliphatic heterocycles. The van der Waals surface area contributed by atoms with Crippen LogP contribution in [0.2, 0.25) is 0 Å². The number of allylic oxidation sites excluding steroid dienone is 4. The summed E-state index contributed by atoms with van der Waals surface area (Å²) in [6, 6.07) is 35.3. The number of hydrogen-bond acceptors (Lipinski definition) is 0. The molecule has 0 amide bonds. The second-order valence-corrected chi connectivity index (χ2v) is 17.7. The molecule has 47 heavy (non-hydrogen) atoms. The average Bonchev–Trinajstić information content (AvgIpc) is 3.64. The molecule has 0 N–H and O–H groups in total. The van der Waals surface area contributed by atoms with Gasteiger partial charge in [-0.2, -0.15) is 0 Å². The van der Waals surface area contributed by atoms with Crippen molar-refractivity contribution in [3.8, 4) is 33.4 Å². The zero-order valence-corrected chi connectivity index (χ0v) is 31.5. The van der Waals surface area contributed by atoms with Crippen molar-refractivity contribution in [2.24, 2.45) is 0 Å². The molecule has 0 saturated carbocycles. The van der Waals surface area contributed by atoms with Gasteiger partial charge in [0, 0.05) is 0 Å². The minimum absolute atomic E-state index is 0. The van der Waals surface area contributed by atoms with E-state index in [1.165, 1.54) is 83.5 Å². The quantitative estimate of drug-likeness (QED) is 0.210. The van der Waals surface area contributed by atoms with E-state index in [0.717, 1.165) is 6.42 Å². The molecule has 2 aliphatic carbocycles. The Morgan fingerprint density at radius 3 is 1.49 bits per heavy atom. The van der Waals surface area contributed by atoms with Gasteiger partial charge in [-0.25, -0.2) is 0 Å². The fourth-order valence-electron chi connectivity index (χ4n) is 8.28. The van der Waals surface area contributed by atoms with Crippen molar-refractivity contribution in [3.05, 3.63) is 163 Å². The maximum absolute atomic E-state index is 2.52. The van der Waals surface area contributed by atoms with Gasteiger partial charge in [0.1, 0.15) is 0 Å². The van der Waals surface area contributed by atoms with E-state index < -0.39 is 17.4 Å². The molecule has 5 aromatic carbocycles. The summed E-state index contributed by atoms with van der Waals surface area (Å²) in [7, 11) is 0. The van der Waals surface area contributed by atoms with Crippen LogP contribution in [0.1, 0.15) is 67.6 Å². The summed E-state index contributed by atoms with van der Waals surface area (Å²) in [5.74, 6) is 0. The van der Waals surface area contributed by atoms with E-state index in [2.05, 4.69) is 158 Å². The minimum Gasteiger partial charge on any atom is -1.00 e. The first-order valence-electron chi connectivity index (χ1n) is 16.3. The van der Waals surface area contributed by atoms with Crippen LogP contribution in [0.25, 0.3) is 33.4 Å². The number of aryl methyl sites for hydroxylation is 6. The normalized spacial score (nSPS) is 13.3. The Hall–Kier alpha value is -3.26. The Kier molecular flexibility index (Phi) is 10.5. The van der Waals surface area contributed by atoms with Crippen LogP contribution in [0.15, 0.2) is 113 Å². The summed E-state index contributed by atoms with van der Waals surface area (Å²) in [5.41, 5.74) is 20.8. The van der Waals surface area contributed by atoms with Crippen LogP contribution < -0.4 is 24.8 Å². The third-order valence-electron chi connectivity index (χ3n) is 9.97. The standard InChI is InChI=1S/C31H29.C8H8.C5H5.2ClH.Ti/c1-18-11-20(3)30(21(4)12-18)26-9-7-24-15-25-8-10-27(17-29(25)28(24)16-26)31-22(5)13-19(2)14-23(31)6;1-2-8-6-4-3-5-7-8;1-2-4-5-3-1;;;/h7-17H,1-6H3;3-7H,1H3;1-3H,4H2;2*1H;/q;;;;;+2/p-2. The number of hydrogen-bond donors (Lipinski definition) is 0. The molecule has 0 radical (unpaired) electrons. The Morgan fingerprint density at radius 1 is 0.596 bits per heavy atom. The van der Waals surface area contributed by atoms with E-state index in [4.69, 9.17) is 0 Å². The fraction of sp³-hybridized carbons (Fsp3) is 0.205. The van der Waals surface area contributed by atoms with Gasteiger partial charge in [-0.1, -0.05) is 0 Å². The largest absolute Gasteiger partial charge is 1.00 e. The third kappa shape index (κ3) is 6.35. The second kappa shape index (κ2) is 14.1. The molecule has 7 rings (SSSR count). The number of benzene rings is 5. The molecule has 0 aromatic heterocycles. The summed E-state index contributed by atoms with van der Waals surface area (Å²) in [6.45, 7) is 15.9. The molecule has 0 nitrogen and oxygen atoms in total. The van der Waals surface area contributed by atoms with Crippen molar-refractivity contribution in [1.82, 2.24) is 0 Å². The van der Waals surface area contributed by atoms with E-state index in [1.54, 1.807) is 7.69 Å². The Balaban J connectivity index is 0.00000217. The van der Waals surface area contributed by atoms with Gasteiger partial charge in [-0.05, 0) is 0 Å². The maximum atomic E-state index is 2.52. The molecule has 2 aliphatic rings. The molecule has 236 valence electrons. The van der Waals surface area contributed by atoms with Gasteiger partial charge >= 0.3 is 277 Å². The van der Waals surface area contributed by atoms with Gasteiger partial charge in [0.25, 0.3) is 0 Å². The predicted molar refractivity (Wildman–Crippen MR) is 191 cm³/mol. The zero-order chi connectivity index (χ0) is 31.4. The smallest absolute Gasteiger partial charge is 1.00 e. The van der Waals surface area contributed by atoms with E-state index in [0.29, 0.717) is 4.22 Å². The molecular weight excluding hydrogens is 647 g/mol. The summed E-state index contributed by atoms with van der Waals surface area (Å²) >= 11 is -2.04. The minimum atomic E-state index is -2.04. The van der Waals surface area contributed by atoms with Crippen molar-refractivity contribution < 1.29 is 42.2 Å². The van der Waals surface area contributed by atoms with E-state index in [9.17, 15) is 0 Å². The van der Waals surface area contributed by atoms with Crippen LogP contribution in [0, 0.1) is 41.5 Å². The van der Waals surface area contributed by atoms with E-state index in [-0.39, 0.29) is 24.8 Å². The van der Waals surface area contributed by atoms with Crippen LogP contribution in [0.3, 0.4) is 0 Å². The molecule has 0 spiro atoms. The SMILES string of the molecule is C/[C](c1ccccc1)=[Ti+2](/[C]1=CC=CC1)[CH]1c2ccc(-c3c(C)cc(C)cc3C)cc2-c2cc(-c3c(C)cc(C)cc3C)ccc21.[Cl-].[Cl-]. The van der Waals surface area contributed by atoms with Gasteiger partial charge in [-0.3, -0.25) is 0 Å². The summed E-state index contributed by atoms with van der Waals surface area (Å²) in [4.78, 5) is 0. The number of rotatable bonds is 5. The van der Waals surface area contributed by atoms with E-state index >= 15 is 0 Å². The first-order valence-corrected chi connectivity index (χ1v) is 18.7. The molecule has 0 heterocycles. The first-order chi connectivity index (χ1) is 21.7. The van der Waals surface area contributed by atoms with Crippen molar-refractivity contribution in [3.63, 3.8) is 0 Å². The van der Waals surface area contributed by atoms with Crippen LogP contribution in [-0.2, 0) is 17.4 Å². The van der Waals surface area contributed by atoms with Gasteiger partial charge < -0.3 is 24.8 Å². The van der Waals surface area contributed by atoms with Crippen molar-refractivity contribution in [1.29, 1.82) is 0 Å². The number of fused-ring (bicyclic) bond motifs is 3. The predicted octanol–water partition coefficient (Wildman–Crippen LogP) is 5.65. The molecular formula is C44H42Cl2Ti. The average molecular weight is 690 g/mol. The third-order valence-corrected chi connectivity index (χ3v) is 15.2. The van der Waals surface area contributed by atoms with Gasteiger partial charge in [-0.15, -0.1) is 0 Å². The molecule has 0 unspecified atom stereocenters. The monoisotopic (exact) mass is 688 g/mol. The summed E-state index contributed by atoms with van der Waals surface area (Å²) < 4.78 is 3.70. The molecule has 0 fully saturated rings. The molecule has 0 atom stereocenters. The Labute approximate surface area is 299 Å². The fourth-order valence-corrected chi connectivity index (χ4v) is 13.7. The van der Waals surface area contributed by atoms with Gasteiger partial charge in [0.05, 0.1) is 0 Å². The molecule has 0 bridgehead atoms. The van der Waals surface area contributed by atoms with Crippen molar-refractivity contribution in [2.75, 3.05) is 0 Å². The van der Waals surface area contributed by atoms with Crippen molar-refractivity contribution >= 4 is 3.81 Å². The first kappa shape index (κ1) is 35.1. The molecule has 0 saturated heterocycles. The van der Waals surface area contributed by atoms with Gasteiger partial charge in [0.2, 0.25) is 0 Å². The Bertz CT molecular complexity index is 1940. The molecule has 5 aromatic rings. The van der Waals surface area contributed by atoms with Crippen LogP contribution in [-0.4, -0.2) is 3.81 Å². The molecule has 3 heteroatoms. The summed E-state index contributed by atoms with van der Waals surface area (Å²) in [5, 5.41) is 0. The van der Waals surface area contributed by atoms with Crippen LogP contribution in [0.4, 0.5) is 0 Å². The zero-order valence-electron chi connectivity index (χ0n) is 28.4. The topological polar surface area (TPSA) is 0 Å². The van der Waals surface area contributed by atoms with Gasteiger partial charge in [0.15, 0.2) is 0 Å². The van der Waals surface area contributed by atoms with E-state index in [1.807, 2.05) is 0 Å². The van der Waals surface area contributed by atoms with Crippen molar-refractivity contribution in [2.45, 2.75) is 59.1 Å². The van der Waals surface area contributed by atoms with Crippen LogP contribution >= 0.6 is 0 Å². The maximum Gasteiger partial charge on any atom is -1.00 e. The van der Waals surface area contributed by atoms with Crippen LogP contribution in [0.5, 0.6) is 0 Å².